The number of ether oxygens (including phenoxy) is 2. The van der Waals surface area contributed by atoms with Crippen LogP contribution in [0.1, 0.15) is 45.2 Å². The predicted octanol–water partition coefficient (Wildman–Crippen LogP) is 3.94. The lowest BCUT2D eigenvalue weighted by Gasteiger charge is -2.17. The molecule has 0 aliphatic carbocycles. The van der Waals surface area contributed by atoms with Crippen molar-refractivity contribution in [3.63, 3.8) is 0 Å². The van der Waals surface area contributed by atoms with Crippen LogP contribution in [0.25, 0.3) is 0 Å². The van der Waals surface area contributed by atoms with E-state index in [-0.39, 0.29) is 6.04 Å². The molecule has 1 aromatic carbocycles. The molecular weight excluding hydrogens is 250 g/mol. The standard InChI is InChI=1S/C14H22ClNO2/c1-4-7-12(16)10-8-13(17-5-2)14(18-6-3)9-11(10)15/h8-9,12H,4-7,16H2,1-3H3. The molecule has 2 N–H and O–H groups in total. The third-order valence-corrected chi connectivity index (χ3v) is 2.99. The topological polar surface area (TPSA) is 44.5 Å². The fourth-order valence-electron chi connectivity index (χ4n) is 1.84. The molecule has 0 spiro atoms. The summed E-state index contributed by atoms with van der Waals surface area (Å²) in [6.07, 6.45) is 1.92. The van der Waals surface area contributed by atoms with Gasteiger partial charge in [0.15, 0.2) is 11.5 Å². The van der Waals surface area contributed by atoms with Gasteiger partial charge >= 0.3 is 0 Å². The second kappa shape index (κ2) is 7.49. The van der Waals surface area contributed by atoms with Crippen LogP contribution >= 0.6 is 11.6 Å². The normalized spacial score (nSPS) is 12.3. The maximum absolute atomic E-state index is 6.25. The van der Waals surface area contributed by atoms with Crippen molar-refractivity contribution in [2.24, 2.45) is 5.73 Å². The van der Waals surface area contributed by atoms with Crippen LogP contribution in [0, 0.1) is 0 Å². The highest BCUT2D eigenvalue weighted by Crippen LogP contribution is 2.36. The largest absolute Gasteiger partial charge is 0.490 e. The third-order valence-electron chi connectivity index (χ3n) is 2.66. The van der Waals surface area contributed by atoms with Crippen LogP contribution in [-0.4, -0.2) is 13.2 Å². The van der Waals surface area contributed by atoms with E-state index >= 15 is 0 Å². The zero-order chi connectivity index (χ0) is 13.5. The van der Waals surface area contributed by atoms with Crippen LogP contribution in [0.3, 0.4) is 0 Å². The van der Waals surface area contributed by atoms with Crippen molar-refractivity contribution < 1.29 is 9.47 Å². The lowest BCUT2D eigenvalue weighted by molar-refractivity contribution is 0.287. The SMILES string of the molecule is CCCC(N)c1cc(OCC)c(OCC)cc1Cl. The molecule has 0 radical (unpaired) electrons. The van der Waals surface area contributed by atoms with Gasteiger partial charge in [-0.15, -0.1) is 0 Å². The summed E-state index contributed by atoms with van der Waals surface area (Å²) >= 11 is 6.25. The predicted molar refractivity (Wildman–Crippen MR) is 75.6 cm³/mol. The van der Waals surface area contributed by atoms with Gasteiger partial charge in [0.1, 0.15) is 0 Å². The van der Waals surface area contributed by atoms with Gasteiger partial charge in [-0.3, -0.25) is 0 Å². The van der Waals surface area contributed by atoms with E-state index in [1.165, 1.54) is 0 Å². The van der Waals surface area contributed by atoms with Gasteiger partial charge in [-0.25, -0.2) is 0 Å². The van der Waals surface area contributed by atoms with Crippen molar-refractivity contribution in [3.8, 4) is 11.5 Å². The van der Waals surface area contributed by atoms with E-state index in [0.717, 1.165) is 18.4 Å². The Balaban J connectivity index is 3.09. The van der Waals surface area contributed by atoms with E-state index in [2.05, 4.69) is 6.92 Å². The Morgan fingerprint density at radius 3 is 2.17 bits per heavy atom. The van der Waals surface area contributed by atoms with Gasteiger partial charge in [-0.2, -0.15) is 0 Å². The molecule has 0 aliphatic heterocycles. The third kappa shape index (κ3) is 3.79. The monoisotopic (exact) mass is 271 g/mol. The second-order valence-electron chi connectivity index (χ2n) is 4.08. The van der Waals surface area contributed by atoms with Gasteiger partial charge in [0.2, 0.25) is 0 Å². The summed E-state index contributed by atoms with van der Waals surface area (Å²) in [6, 6.07) is 3.63. The minimum Gasteiger partial charge on any atom is -0.490 e. The molecule has 0 heterocycles. The minimum absolute atomic E-state index is 0.0580. The van der Waals surface area contributed by atoms with E-state index in [0.29, 0.717) is 29.7 Å². The van der Waals surface area contributed by atoms with Crippen molar-refractivity contribution >= 4 is 11.6 Å². The molecule has 1 unspecified atom stereocenters. The first-order valence-electron chi connectivity index (χ1n) is 6.48. The number of nitrogens with two attached hydrogens (primary N) is 1. The lowest BCUT2D eigenvalue weighted by atomic mass is 10.0. The molecule has 0 saturated heterocycles. The van der Waals surface area contributed by atoms with Gasteiger partial charge in [-0.05, 0) is 31.9 Å². The van der Waals surface area contributed by atoms with Crippen molar-refractivity contribution in [1.29, 1.82) is 0 Å². The van der Waals surface area contributed by atoms with Gasteiger partial charge in [-0.1, -0.05) is 24.9 Å². The van der Waals surface area contributed by atoms with E-state index < -0.39 is 0 Å². The molecule has 1 rings (SSSR count). The van der Waals surface area contributed by atoms with Crippen molar-refractivity contribution in [2.45, 2.75) is 39.7 Å². The Kier molecular flexibility index (Phi) is 6.30. The fraction of sp³-hybridized carbons (Fsp3) is 0.571. The van der Waals surface area contributed by atoms with E-state index in [4.69, 9.17) is 26.8 Å². The lowest BCUT2D eigenvalue weighted by Crippen LogP contribution is -2.11. The van der Waals surface area contributed by atoms with Gasteiger partial charge in [0, 0.05) is 17.1 Å². The molecule has 1 aromatic rings. The molecule has 4 heteroatoms. The second-order valence-corrected chi connectivity index (χ2v) is 4.49. The summed E-state index contributed by atoms with van der Waals surface area (Å²) in [5.41, 5.74) is 7.04. The summed E-state index contributed by atoms with van der Waals surface area (Å²) in [5, 5.41) is 0.642. The number of halogens is 1. The Morgan fingerprint density at radius 1 is 1.11 bits per heavy atom. The van der Waals surface area contributed by atoms with E-state index in [1.807, 2.05) is 19.9 Å². The van der Waals surface area contributed by atoms with Gasteiger partial charge in [0.05, 0.1) is 13.2 Å². The molecule has 1 atom stereocenters. The molecule has 0 saturated carbocycles. The highest BCUT2D eigenvalue weighted by Gasteiger charge is 2.15. The van der Waals surface area contributed by atoms with Crippen LogP contribution in [0.2, 0.25) is 5.02 Å². The van der Waals surface area contributed by atoms with Gasteiger partial charge < -0.3 is 15.2 Å². The average Bonchev–Trinajstić information content (AvgIpc) is 2.33. The highest BCUT2D eigenvalue weighted by molar-refractivity contribution is 6.31. The molecule has 0 aliphatic rings. The molecule has 0 fully saturated rings. The first-order chi connectivity index (χ1) is 8.63. The van der Waals surface area contributed by atoms with Crippen molar-refractivity contribution in [1.82, 2.24) is 0 Å². The van der Waals surface area contributed by atoms with Crippen molar-refractivity contribution in [3.05, 3.63) is 22.7 Å². The van der Waals surface area contributed by atoms with E-state index in [1.54, 1.807) is 6.07 Å². The Hall–Kier alpha value is -0.930. The summed E-state index contributed by atoms with van der Waals surface area (Å²) in [6.45, 7) is 7.14. The minimum atomic E-state index is -0.0580. The number of hydrogen-bond acceptors (Lipinski definition) is 3. The summed E-state index contributed by atoms with van der Waals surface area (Å²) in [7, 11) is 0. The quantitative estimate of drug-likeness (QED) is 0.817. The number of rotatable bonds is 7. The van der Waals surface area contributed by atoms with Crippen LogP contribution in [0.5, 0.6) is 11.5 Å². The fourth-order valence-corrected chi connectivity index (χ4v) is 2.13. The summed E-state index contributed by atoms with van der Waals surface area (Å²) in [5.74, 6) is 1.39. The molecule has 102 valence electrons. The summed E-state index contributed by atoms with van der Waals surface area (Å²) < 4.78 is 11.1. The van der Waals surface area contributed by atoms with Gasteiger partial charge in [0.25, 0.3) is 0 Å². The number of benzene rings is 1. The first-order valence-corrected chi connectivity index (χ1v) is 6.86. The zero-order valence-electron chi connectivity index (χ0n) is 11.3. The Labute approximate surface area is 114 Å². The van der Waals surface area contributed by atoms with Crippen LogP contribution in [-0.2, 0) is 0 Å². The molecular formula is C14H22ClNO2. The molecule has 3 nitrogen and oxygen atoms in total. The Morgan fingerprint density at radius 2 is 1.67 bits per heavy atom. The molecule has 18 heavy (non-hydrogen) atoms. The first kappa shape index (κ1) is 15.1. The van der Waals surface area contributed by atoms with Crippen molar-refractivity contribution in [2.75, 3.05) is 13.2 Å². The molecule has 0 bridgehead atoms. The van der Waals surface area contributed by atoms with E-state index in [9.17, 15) is 0 Å². The number of hydrogen-bond donors (Lipinski definition) is 1. The molecule has 0 aromatic heterocycles. The maximum atomic E-state index is 6.25. The zero-order valence-corrected chi connectivity index (χ0v) is 12.1. The van der Waals surface area contributed by atoms with Crippen LogP contribution in [0.4, 0.5) is 0 Å². The average molecular weight is 272 g/mol. The highest BCUT2D eigenvalue weighted by atomic mass is 35.5. The van der Waals surface area contributed by atoms with Crippen LogP contribution in [0.15, 0.2) is 12.1 Å². The Bertz CT molecular complexity index is 382. The smallest absolute Gasteiger partial charge is 0.162 e. The summed E-state index contributed by atoms with van der Waals surface area (Å²) in [4.78, 5) is 0. The van der Waals surface area contributed by atoms with Crippen LogP contribution < -0.4 is 15.2 Å². The molecule has 0 amide bonds. The maximum Gasteiger partial charge on any atom is 0.162 e.